The number of halogens is 4. The van der Waals surface area contributed by atoms with Gasteiger partial charge in [0, 0.05) is 43.0 Å². The standard InChI is InChI=1S/C26H25F4N3O5/c1-14-20(22(34)32(2)3)11-25(23(31)35,10-15-7-18(27)8-16-12-37-13-38-21(15)16)24(36)33(14)19-6-4-5-17(9-19)26(28,29)30/h4-9H,10-13H2,1-3H3,(H2,31,35). The average molecular weight is 535 g/mol. The lowest BCUT2D eigenvalue weighted by Gasteiger charge is -2.42. The summed E-state index contributed by atoms with van der Waals surface area (Å²) >= 11 is 0. The highest BCUT2D eigenvalue weighted by atomic mass is 19.4. The van der Waals surface area contributed by atoms with Crippen molar-refractivity contribution in [1.29, 1.82) is 0 Å². The van der Waals surface area contributed by atoms with Crippen LogP contribution in [-0.2, 0) is 38.3 Å². The van der Waals surface area contributed by atoms with Gasteiger partial charge in [0.25, 0.3) is 5.91 Å². The maximum Gasteiger partial charge on any atom is 0.416 e. The summed E-state index contributed by atoms with van der Waals surface area (Å²) in [5.41, 5.74) is 2.96. The molecule has 2 heterocycles. The van der Waals surface area contributed by atoms with Crippen molar-refractivity contribution in [3.8, 4) is 5.75 Å². The van der Waals surface area contributed by atoms with Crippen molar-refractivity contribution in [2.24, 2.45) is 11.1 Å². The van der Waals surface area contributed by atoms with Gasteiger partial charge < -0.3 is 20.1 Å². The van der Waals surface area contributed by atoms with Crippen molar-refractivity contribution in [3.63, 3.8) is 0 Å². The van der Waals surface area contributed by atoms with Crippen LogP contribution in [0.5, 0.6) is 5.75 Å². The lowest BCUT2D eigenvalue weighted by Crippen LogP contribution is -2.56. The van der Waals surface area contributed by atoms with Gasteiger partial charge >= 0.3 is 6.18 Å². The molecule has 2 aliphatic rings. The van der Waals surface area contributed by atoms with E-state index in [0.717, 1.165) is 29.2 Å². The van der Waals surface area contributed by atoms with Crippen molar-refractivity contribution in [1.82, 2.24) is 4.90 Å². The van der Waals surface area contributed by atoms with Crippen molar-refractivity contribution < 1.29 is 41.4 Å². The fourth-order valence-corrected chi connectivity index (χ4v) is 4.77. The minimum Gasteiger partial charge on any atom is -0.467 e. The molecule has 4 rings (SSSR count). The minimum absolute atomic E-state index is 0.000309. The topological polar surface area (TPSA) is 102 Å². The van der Waals surface area contributed by atoms with Crippen LogP contribution in [0.1, 0.15) is 30.0 Å². The van der Waals surface area contributed by atoms with Crippen LogP contribution in [0, 0.1) is 11.2 Å². The molecular weight excluding hydrogens is 510 g/mol. The summed E-state index contributed by atoms with van der Waals surface area (Å²) in [6, 6.07) is 6.25. The van der Waals surface area contributed by atoms with Crippen LogP contribution in [0.3, 0.4) is 0 Å². The SMILES string of the molecule is CC1=C(C(=O)N(C)C)CC(Cc2cc(F)cc3c2OCOC3)(C(N)=O)C(=O)N1c1cccc(C(F)(F)F)c1. The number of primary amides is 1. The number of carbonyl (C=O) groups is 3. The van der Waals surface area contributed by atoms with Gasteiger partial charge in [0.05, 0.1) is 12.2 Å². The second kappa shape index (κ2) is 9.75. The number of benzene rings is 2. The second-order valence-corrected chi connectivity index (χ2v) is 9.42. The monoisotopic (exact) mass is 535 g/mol. The molecule has 0 spiro atoms. The molecule has 0 radical (unpaired) electrons. The Hall–Kier alpha value is -3.93. The molecule has 0 saturated heterocycles. The molecule has 8 nitrogen and oxygen atoms in total. The van der Waals surface area contributed by atoms with E-state index in [-0.39, 0.29) is 41.7 Å². The molecule has 1 unspecified atom stereocenters. The molecule has 2 aliphatic heterocycles. The zero-order chi connectivity index (χ0) is 28.0. The summed E-state index contributed by atoms with van der Waals surface area (Å²) in [7, 11) is 2.91. The molecule has 202 valence electrons. The highest BCUT2D eigenvalue weighted by Gasteiger charge is 2.53. The van der Waals surface area contributed by atoms with Crippen molar-refractivity contribution in [2.45, 2.75) is 32.5 Å². The number of fused-ring (bicyclic) bond motifs is 1. The molecule has 2 N–H and O–H groups in total. The van der Waals surface area contributed by atoms with Crippen molar-refractivity contribution in [2.75, 3.05) is 25.8 Å². The fraction of sp³-hybridized carbons (Fsp3) is 0.346. The van der Waals surface area contributed by atoms with Crippen LogP contribution >= 0.6 is 0 Å². The molecule has 0 fully saturated rings. The van der Waals surface area contributed by atoms with Crippen LogP contribution in [-0.4, -0.2) is 43.5 Å². The Bertz CT molecular complexity index is 1350. The van der Waals surface area contributed by atoms with Crippen LogP contribution in [0.4, 0.5) is 23.2 Å². The quantitative estimate of drug-likeness (QED) is 0.466. The predicted molar refractivity (Wildman–Crippen MR) is 127 cm³/mol. The Kier molecular flexibility index (Phi) is 6.96. The number of rotatable bonds is 5. The van der Waals surface area contributed by atoms with E-state index >= 15 is 0 Å². The van der Waals surface area contributed by atoms with Gasteiger partial charge in [-0.15, -0.1) is 0 Å². The van der Waals surface area contributed by atoms with E-state index in [0.29, 0.717) is 5.56 Å². The van der Waals surface area contributed by atoms with Gasteiger partial charge in [-0.3, -0.25) is 19.3 Å². The Balaban J connectivity index is 1.93. The van der Waals surface area contributed by atoms with Gasteiger partial charge in [0.15, 0.2) is 6.79 Å². The average Bonchev–Trinajstić information content (AvgIpc) is 2.84. The Morgan fingerprint density at radius 2 is 1.89 bits per heavy atom. The van der Waals surface area contributed by atoms with Gasteiger partial charge in [-0.25, -0.2) is 4.39 Å². The molecule has 0 aromatic heterocycles. The lowest BCUT2D eigenvalue weighted by molar-refractivity contribution is -0.141. The Labute approximate surface area is 215 Å². The number of hydrogen-bond donors (Lipinski definition) is 1. The van der Waals surface area contributed by atoms with E-state index < -0.39 is 53.5 Å². The zero-order valence-electron chi connectivity index (χ0n) is 20.8. The van der Waals surface area contributed by atoms with Gasteiger partial charge in [-0.2, -0.15) is 13.2 Å². The van der Waals surface area contributed by atoms with E-state index in [1.165, 1.54) is 38.1 Å². The molecule has 0 saturated carbocycles. The molecule has 2 aromatic carbocycles. The lowest BCUT2D eigenvalue weighted by atomic mass is 9.71. The second-order valence-electron chi connectivity index (χ2n) is 9.42. The predicted octanol–water partition coefficient (Wildman–Crippen LogP) is 3.52. The number of allylic oxidation sites excluding steroid dienone is 1. The van der Waals surface area contributed by atoms with Gasteiger partial charge in [0.1, 0.15) is 17.0 Å². The number of alkyl halides is 3. The number of nitrogens with two attached hydrogens (primary N) is 1. The molecule has 0 aliphatic carbocycles. The number of likely N-dealkylation sites (N-methyl/N-ethyl adjacent to an activating group) is 1. The van der Waals surface area contributed by atoms with Crippen LogP contribution in [0.25, 0.3) is 0 Å². The first-order valence-electron chi connectivity index (χ1n) is 11.5. The maximum atomic E-state index is 14.5. The third kappa shape index (κ3) is 4.71. The molecule has 3 amide bonds. The molecule has 1 atom stereocenters. The number of ether oxygens (including phenoxy) is 2. The third-order valence-corrected chi connectivity index (χ3v) is 6.67. The van der Waals surface area contributed by atoms with Crippen LogP contribution in [0.2, 0.25) is 0 Å². The minimum atomic E-state index is -4.71. The zero-order valence-corrected chi connectivity index (χ0v) is 20.8. The number of hydrogen-bond acceptors (Lipinski definition) is 5. The van der Waals surface area contributed by atoms with Crippen LogP contribution < -0.4 is 15.4 Å². The molecule has 0 bridgehead atoms. The summed E-state index contributed by atoms with van der Waals surface area (Å²) in [6.45, 7) is 1.28. The smallest absolute Gasteiger partial charge is 0.416 e. The van der Waals surface area contributed by atoms with Gasteiger partial charge in [-0.05, 0) is 49.2 Å². The summed E-state index contributed by atoms with van der Waals surface area (Å²) < 4.78 is 65.7. The first kappa shape index (κ1) is 27.1. The summed E-state index contributed by atoms with van der Waals surface area (Å²) in [4.78, 5) is 42.4. The van der Waals surface area contributed by atoms with Gasteiger partial charge in [-0.1, -0.05) is 6.07 Å². The summed E-state index contributed by atoms with van der Waals surface area (Å²) in [6.07, 6.45) is -5.62. The third-order valence-electron chi connectivity index (χ3n) is 6.67. The Morgan fingerprint density at radius 3 is 2.53 bits per heavy atom. The van der Waals surface area contributed by atoms with Gasteiger partial charge in [0.2, 0.25) is 11.8 Å². The summed E-state index contributed by atoms with van der Waals surface area (Å²) in [5.74, 6) is -3.10. The molecule has 2 aromatic rings. The van der Waals surface area contributed by atoms with E-state index in [2.05, 4.69) is 0 Å². The van der Waals surface area contributed by atoms with E-state index in [1.807, 2.05) is 0 Å². The summed E-state index contributed by atoms with van der Waals surface area (Å²) in [5, 5.41) is 0. The number of nitrogens with zero attached hydrogens (tertiary/aromatic N) is 2. The van der Waals surface area contributed by atoms with E-state index in [4.69, 9.17) is 15.2 Å². The molecule has 38 heavy (non-hydrogen) atoms. The molecular formula is C26H25F4N3O5. The number of amides is 3. The highest BCUT2D eigenvalue weighted by molar-refractivity contribution is 6.16. The van der Waals surface area contributed by atoms with E-state index in [9.17, 15) is 31.9 Å². The van der Waals surface area contributed by atoms with Crippen molar-refractivity contribution in [3.05, 3.63) is 70.2 Å². The fourth-order valence-electron chi connectivity index (χ4n) is 4.77. The number of anilines is 1. The normalized spacial score (nSPS) is 19.7. The van der Waals surface area contributed by atoms with Crippen molar-refractivity contribution >= 4 is 23.4 Å². The van der Waals surface area contributed by atoms with Crippen LogP contribution in [0.15, 0.2) is 47.7 Å². The Morgan fingerprint density at radius 1 is 1.18 bits per heavy atom. The largest absolute Gasteiger partial charge is 0.467 e. The maximum absolute atomic E-state index is 14.5. The number of carbonyl (C=O) groups excluding carboxylic acids is 3. The highest BCUT2D eigenvalue weighted by Crippen LogP contribution is 2.45. The van der Waals surface area contributed by atoms with E-state index in [1.54, 1.807) is 0 Å². The first-order valence-corrected chi connectivity index (χ1v) is 11.5. The molecule has 12 heteroatoms. The first-order chi connectivity index (χ1) is 17.8.